The van der Waals surface area contributed by atoms with Gasteiger partial charge in [-0.25, -0.2) is 0 Å². The lowest BCUT2D eigenvalue weighted by atomic mass is 9.96. The Bertz CT molecular complexity index is 462. The van der Waals surface area contributed by atoms with E-state index in [4.69, 9.17) is 4.74 Å². The van der Waals surface area contributed by atoms with Crippen molar-refractivity contribution in [3.63, 3.8) is 0 Å². The number of nitrogens with zero attached hydrogens (tertiary/aromatic N) is 1. The summed E-state index contributed by atoms with van der Waals surface area (Å²) in [5, 5.41) is 2.94. The summed E-state index contributed by atoms with van der Waals surface area (Å²) in [6, 6.07) is 8.22. The summed E-state index contributed by atoms with van der Waals surface area (Å²) in [6.45, 7) is 5.68. The summed E-state index contributed by atoms with van der Waals surface area (Å²) in [7, 11) is 1.70. The van der Waals surface area contributed by atoms with Gasteiger partial charge in [0.25, 0.3) is 0 Å². The van der Waals surface area contributed by atoms with Gasteiger partial charge in [-0.1, -0.05) is 12.1 Å². The molecule has 1 heterocycles. The van der Waals surface area contributed by atoms with E-state index in [2.05, 4.69) is 22.3 Å². The first-order valence-corrected chi connectivity index (χ1v) is 7.86. The zero-order chi connectivity index (χ0) is 15.1. The molecule has 1 aromatic rings. The molecule has 4 heteroatoms. The standard InChI is InChI=1S/C17H26N2O2/c1-3-18-17(20)15-7-5-10-19(13-15)11-9-14-6-4-8-16(12-14)21-2/h4,6,8,12,15H,3,5,7,9-11,13H2,1-2H3,(H,18,20). The molecule has 1 N–H and O–H groups in total. The Hall–Kier alpha value is -1.55. The third-order valence-corrected chi connectivity index (χ3v) is 4.08. The molecule has 0 saturated carbocycles. The summed E-state index contributed by atoms with van der Waals surface area (Å²) >= 11 is 0. The number of benzene rings is 1. The zero-order valence-electron chi connectivity index (χ0n) is 13.1. The Labute approximate surface area is 127 Å². The number of piperidine rings is 1. The third kappa shape index (κ3) is 4.74. The monoisotopic (exact) mass is 290 g/mol. The first-order valence-electron chi connectivity index (χ1n) is 7.86. The third-order valence-electron chi connectivity index (χ3n) is 4.08. The minimum absolute atomic E-state index is 0.156. The number of carbonyl (C=O) groups excluding carboxylic acids is 1. The quantitative estimate of drug-likeness (QED) is 0.872. The number of likely N-dealkylation sites (tertiary alicyclic amines) is 1. The highest BCUT2D eigenvalue weighted by atomic mass is 16.5. The molecule has 1 unspecified atom stereocenters. The van der Waals surface area contributed by atoms with Crippen molar-refractivity contribution < 1.29 is 9.53 Å². The van der Waals surface area contributed by atoms with E-state index < -0.39 is 0 Å². The molecule has 1 aliphatic rings. The number of rotatable bonds is 6. The molecule has 1 aliphatic heterocycles. The fraction of sp³-hybridized carbons (Fsp3) is 0.588. The van der Waals surface area contributed by atoms with Gasteiger partial charge < -0.3 is 15.0 Å². The lowest BCUT2D eigenvalue weighted by Crippen LogP contribution is -2.43. The van der Waals surface area contributed by atoms with Crippen LogP contribution in [-0.2, 0) is 11.2 Å². The van der Waals surface area contributed by atoms with E-state index in [1.54, 1.807) is 7.11 Å². The normalized spacial score (nSPS) is 19.2. The molecule has 0 radical (unpaired) electrons. The average molecular weight is 290 g/mol. The number of carbonyl (C=O) groups is 1. The Morgan fingerprint density at radius 2 is 2.33 bits per heavy atom. The first kappa shape index (κ1) is 15.8. The Morgan fingerprint density at radius 1 is 1.48 bits per heavy atom. The fourth-order valence-electron chi connectivity index (χ4n) is 2.91. The van der Waals surface area contributed by atoms with E-state index in [9.17, 15) is 4.79 Å². The van der Waals surface area contributed by atoms with Gasteiger partial charge in [0, 0.05) is 19.6 Å². The van der Waals surface area contributed by atoms with Crippen LogP contribution in [-0.4, -0.2) is 44.1 Å². The Morgan fingerprint density at radius 3 is 3.10 bits per heavy atom. The average Bonchev–Trinajstić information content (AvgIpc) is 2.53. The van der Waals surface area contributed by atoms with Gasteiger partial charge in [-0.2, -0.15) is 0 Å². The van der Waals surface area contributed by atoms with Crippen molar-refractivity contribution in [3.05, 3.63) is 29.8 Å². The molecule has 21 heavy (non-hydrogen) atoms. The van der Waals surface area contributed by atoms with Crippen molar-refractivity contribution in [2.45, 2.75) is 26.2 Å². The molecule has 1 amide bonds. The van der Waals surface area contributed by atoms with Gasteiger partial charge in [0.1, 0.15) is 5.75 Å². The highest BCUT2D eigenvalue weighted by molar-refractivity contribution is 5.78. The van der Waals surface area contributed by atoms with Gasteiger partial charge in [-0.15, -0.1) is 0 Å². The summed E-state index contributed by atoms with van der Waals surface area (Å²) in [5.74, 6) is 1.28. The van der Waals surface area contributed by atoms with E-state index in [0.29, 0.717) is 0 Å². The number of amides is 1. The molecule has 0 bridgehead atoms. The molecule has 2 rings (SSSR count). The van der Waals surface area contributed by atoms with Crippen LogP contribution in [0, 0.1) is 5.92 Å². The molecule has 0 aromatic heterocycles. The number of ether oxygens (including phenoxy) is 1. The van der Waals surface area contributed by atoms with Gasteiger partial charge >= 0.3 is 0 Å². The number of hydrogen-bond acceptors (Lipinski definition) is 3. The summed E-state index contributed by atoms with van der Waals surface area (Å²) in [6.07, 6.45) is 3.13. The fourth-order valence-corrected chi connectivity index (χ4v) is 2.91. The summed E-state index contributed by atoms with van der Waals surface area (Å²) < 4.78 is 5.26. The Balaban J connectivity index is 1.83. The minimum atomic E-state index is 0.156. The van der Waals surface area contributed by atoms with Crippen molar-refractivity contribution in [2.24, 2.45) is 5.92 Å². The molecule has 116 valence electrons. The molecular formula is C17H26N2O2. The molecular weight excluding hydrogens is 264 g/mol. The zero-order valence-corrected chi connectivity index (χ0v) is 13.1. The van der Waals surface area contributed by atoms with Gasteiger partial charge in [0.05, 0.1) is 13.0 Å². The molecule has 0 aliphatic carbocycles. The largest absolute Gasteiger partial charge is 0.497 e. The van der Waals surface area contributed by atoms with Crippen molar-refractivity contribution in [2.75, 3.05) is 33.3 Å². The lowest BCUT2D eigenvalue weighted by molar-refractivity contribution is -0.126. The first-order chi connectivity index (χ1) is 10.2. The van der Waals surface area contributed by atoms with Gasteiger partial charge in [-0.3, -0.25) is 4.79 Å². The highest BCUT2D eigenvalue weighted by Gasteiger charge is 2.24. The SMILES string of the molecule is CCNC(=O)C1CCCN(CCc2cccc(OC)c2)C1. The molecule has 1 fully saturated rings. The summed E-state index contributed by atoms with van der Waals surface area (Å²) in [4.78, 5) is 14.4. The van der Waals surface area contributed by atoms with Crippen molar-refractivity contribution in [1.29, 1.82) is 0 Å². The van der Waals surface area contributed by atoms with Crippen molar-refractivity contribution >= 4 is 5.91 Å². The maximum Gasteiger partial charge on any atom is 0.224 e. The maximum absolute atomic E-state index is 11.9. The van der Waals surface area contributed by atoms with Crippen LogP contribution < -0.4 is 10.1 Å². The van der Waals surface area contributed by atoms with E-state index >= 15 is 0 Å². The van der Waals surface area contributed by atoms with Crippen LogP contribution >= 0.6 is 0 Å². The van der Waals surface area contributed by atoms with Crippen LogP contribution in [0.2, 0.25) is 0 Å². The second-order valence-electron chi connectivity index (χ2n) is 5.64. The van der Waals surface area contributed by atoms with Gasteiger partial charge in [0.2, 0.25) is 5.91 Å². The number of hydrogen-bond donors (Lipinski definition) is 1. The van der Waals surface area contributed by atoms with Crippen LogP contribution in [0.5, 0.6) is 5.75 Å². The number of nitrogens with one attached hydrogen (secondary N) is 1. The van der Waals surface area contributed by atoms with Crippen molar-refractivity contribution in [1.82, 2.24) is 10.2 Å². The topological polar surface area (TPSA) is 41.6 Å². The smallest absolute Gasteiger partial charge is 0.224 e. The summed E-state index contributed by atoms with van der Waals surface area (Å²) in [5.41, 5.74) is 1.29. The van der Waals surface area contributed by atoms with Crippen molar-refractivity contribution in [3.8, 4) is 5.75 Å². The van der Waals surface area contributed by atoms with Crippen LogP contribution in [0.25, 0.3) is 0 Å². The van der Waals surface area contributed by atoms with E-state index in [1.165, 1.54) is 5.56 Å². The van der Waals surface area contributed by atoms with Gasteiger partial charge in [-0.05, 0) is 50.4 Å². The minimum Gasteiger partial charge on any atom is -0.497 e. The molecule has 1 saturated heterocycles. The maximum atomic E-state index is 11.9. The predicted molar refractivity (Wildman–Crippen MR) is 84.5 cm³/mol. The molecule has 1 aromatic carbocycles. The van der Waals surface area contributed by atoms with Crippen LogP contribution in [0.4, 0.5) is 0 Å². The van der Waals surface area contributed by atoms with Crippen LogP contribution in [0.15, 0.2) is 24.3 Å². The van der Waals surface area contributed by atoms with Crippen LogP contribution in [0.3, 0.4) is 0 Å². The molecule has 1 atom stereocenters. The predicted octanol–water partition coefficient (Wildman–Crippen LogP) is 2.09. The van der Waals surface area contributed by atoms with Crippen LogP contribution in [0.1, 0.15) is 25.3 Å². The number of methoxy groups -OCH3 is 1. The van der Waals surface area contributed by atoms with E-state index in [-0.39, 0.29) is 11.8 Å². The molecule has 4 nitrogen and oxygen atoms in total. The second-order valence-corrected chi connectivity index (χ2v) is 5.64. The highest BCUT2D eigenvalue weighted by Crippen LogP contribution is 2.18. The van der Waals surface area contributed by atoms with Gasteiger partial charge in [0.15, 0.2) is 0 Å². The lowest BCUT2D eigenvalue weighted by Gasteiger charge is -2.31. The van der Waals surface area contributed by atoms with E-state index in [1.807, 2.05) is 19.1 Å². The second kappa shape index (κ2) is 8.03. The van der Waals surface area contributed by atoms with E-state index in [0.717, 1.165) is 51.2 Å². The Kier molecular flexibility index (Phi) is 6.05. The molecule has 0 spiro atoms.